The third-order valence-corrected chi connectivity index (χ3v) is 3.22. The number of aliphatic hydroxyl groups excluding tert-OH is 1. The van der Waals surface area contributed by atoms with Crippen LogP contribution in [-0.2, 0) is 6.61 Å². The number of rotatable bonds is 4. The number of thiazole rings is 1. The van der Waals surface area contributed by atoms with Gasteiger partial charge in [-0.3, -0.25) is 4.98 Å². The molecule has 1 atom stereocenters. The summed E-state index contributed by atoms with van der Waals surface area (Å²) in [6.45, 7) is 4.24. The molecule has 0 bridgehead atoms. The molecule has 1 aromatic heterocycles. The lowest BCUT2D eigenvalue weighted by Crippen LogP contribution is -2.00. The first-order chi connectivity index (χ1) is 8.16. The van der Waals surface area contributed by atoms with Crippen molar-refractivity contribution in [2.24, 2.45) is 0 Å². The van der Waals surface area contributed by atoms with Crippen LogP contribution >= 0.6 is 11.3 Å². The topological polar surface area (TPSA) is 42.4 Å². The number of aromatic nitrogens is 1. The molecule has 1 heterocycles. The SMILES string of the molecule is Cc1ccc(OCc2cncs2)c(C(C)O)c1. The molecule has 0 amide bonds. The molecule has 0 saturated heterocycles. The third-order valence-electron chi connectivity index (χ3n) is 2.47. The predicted molar refractivity (Wildman–Crippen MR) is 68.3 cm³/mol. The van der Waals surface area contributed by atoms with Crippen LogP contribution in [0.2, 0.25) is 0 Å². The fourth-order valence-electron chi connectivity index (χ4n) is 1.59. The van der Waals surface area contributed by atoms with Crippen LogP contribution in [0.15, 0.2) is 29.9 Å². The number of nitrogens with zero attached hydrogens (tertiary/aromatic N) is 1. The van der Waals surface area contributed by atoms with Crippen molar-refractivity contribution in [2.75, 3.05) is 0 Å². The second kappa shape index (κ2) is 5.29. The van der Waals surface area contributed by atoms with E-state index in [1.54, 1.807) is 30.0 Å². The molecule has 0 fully saturated rings. The van der Waals surface area contributed by atoms with Gasteiger partial charge < -0.3 is 9.84 Å². The normalized spacial score (nSPS) is 12.4. The van der Waals surface area contributed by atoms with Crippen LogP contribution in [0.3, 0.4) is 0 Å². The van der Waals surface area contributed by atoms with Crippen LogP contribution in [0.1, 0.15) is 29.0 Å². The lowest BCUT2D eigenvalue weighted by atomic mass is 10.1. The first-order valence-electron chi connectivity index (χ1n) is 5.45. The highest BCUT2D eigenvalue weighted by Gasteiger charge is 2.09. The molecule has 2 aromatic rings. The molecular weight excluding hydrogens is 234 g/mol. The minimum atomic E-state index is -0.522. The Morgan fingerprint density at radius 1 is 1.47 bits per heavy atom. The van der Waals surface area contributed by atoms with Gasteiger partial charge in [0.15, 0.2) is 0 Å². The van der Waals surface area contributed by atoms with Gasteiger partial charge in [-0.25, -0.2) is 0 Å². The monoisotopic (exact) mass is 249 g/mol. The number of aliphatic hydroxyl groups is 1. The molecule has 0 spiro atoms. The lowest BCUT2D eigenvalue weighted by molar-refractivity contribution is 0.190. The van der Waals surface area contributed by atoms with Gasteiger partial charge in [0.1, 0.15) is 12.4 Å². The van der Waals surface area contributed by atoms with E-state index in [1.165, 1.54) is 0 Å². The molecule has 0 aliphatic heterocycles. The van der Waals surface area contributed by atoms with Crippen molar-refractivity contribution < 1.29 is 9.84 Å². The maximum Gasteiger partial charge on any atom is 0.125 e. The van der Waals surface area contributed by atoms with E-state index in [4.69, 9.17) is 4.74 Å². The van der Waals surface area contributed by atoms with Crippen LogP contribution in [0.25, 0.3) is 0 Å². The van der Waals surface area contributed by atoms with Gasteiger partial charge in [-0.2, -0.15) is 0 Å². The second-order valence-electron chi connectivity index (χ2n) is 3.97. The Kier molecular flexibility index (Phi) is 3.76. The summed E-state index contributed by atoms with van der Waals surface area (Å²) in [6, 6.07) is 5.83. The molecule has 1 N–H and O–H groups in total. The van der Waals surface area contributed by atoms with E-state index >= 15 is 0 Å². The Hall–Kier alpha value is -1.39. The zero-order valence-electron chi connectivity index (χ0n) is 9.88. The van der Waals surface area contributed by atoms with Gasteiger partial charge in [0, 0.05) is 11.8 Å². The maximum atomic E-state index is 9.70. The van der Waals surface area contributed by atoms with E-state index in [-0.39, 0.29) is 0 Å². The first kappa shape index (κ1) is 12.1. The molecule has 0 aliphatic rings. The molecule has 1 aromatic carbocycles. The van der Waals surface area contributed by atoms with E-state index < -0.39 is 6.10 Å². The fraction of sp³-hybridized carbons (Fsp3) is 0.308. The van der Waals surface area contributed by atoms with Crippen molar-refractivity contribution >= 4 is 11.3 Å². The van der Waals surface area contributed by atoms with Crippen LogP contribution in [0, 0.1) is 6.92 Å². The van der Waals surface area contributed by atoms with Gasteiger partial charge in [-0.15, -0.1) is 11.3 Å². The van der Waals surface area contributed by atoms with Crippen molar-refractivity contribution in [2.45, 2.75) is 26.6 Å². The molecule has 17 heavy (non-hydrogen) atoms. The van der Waals surface area contributed by atoms with Gasteiger partial charge in [-0.1, -0.05) is 11.6 Å². The van der Waals surface area contributed by atoms with Crippen LogP contribution in [0.4, 0.5) is 0 Å². The molecule has 90 valence electrons. The summed E-state index contributed by atoms with van der Waals surface area (Å²) in [5, 5.41) is 9.70. The number of hydrogen-bond acceptors (Lipinski definition) is 4. The number of aryl methyl sites for hydroxylation is 1. The van der Waals surface area contributed by atoms with Crippen molar-refractivity contribution in [3.63, 3.8) is 0 Å². The highest BCUT2D eigenvalue weighted by Crippen LogP contribution is 2.27. The highest BCUT2D eigenvalue weighted by atomic mass is 32.1. The molecular formula is C13H15NO2S. The minimum absolute atomic E-state index is 0.493. The van der Waals surface area contributed by atoms with Gasteiger partial charge in [-0.05, 0) is 26.0 Å². The average molecular weight is 249 g/mol. The Balaban J connectivity index is 2.14. The maximum absolute atomic E-state index is 9.70. The van der Waals surface area contributed by atoms with Crippen LogP contribution in [0.5, 0.6) is 5.75 Å². The summed E-state index contributed by atoms with van der Waals surface area (Å²) in [6.07, 6.45) is 1.27. The first-order valence-corrected chi connectivity index (χ1v) is 6.33. The van der Waals surface area contributed by atoms with E-state index in [0.29, 0.717) is 6.61 Å². The summed E-state index contributed by atoms with van der Waals surface area (Å²) < 4.78 is 5.71. The van der Waals surface area contributed by atoms with Crippen molar-refractivity contribution in [3.05, 3.63) is 45.9 Å². The largest absolute Gasteiger partial charge is 0.488 e. The second-order valence-corrected chi connectivity index (χ2v) is 4.94. The van der Waals surface area contributed by atoms with E-state index in [1.807, 2.05) is 25.1 Å². The molecule has 1 unspecified atom stereocenters. The standard InChI is InChI=1S/C13H15NO2S/c1-9-3-4-13(12(5-9)10(2)15)16-7-11-6-14-8-17-11/h3-6,8,10,15H,7H2,1-2H3. The van der Waals surface area contributed by atoms with E-state index in [9.17, 15) is 5.11 Å². The van der Waals surface area contributed by atoms with Crippen LogP contribution in [-0.4, -0.2) is 10.1 Å². The highest BCUT2D eigenvalue weighted by molar-refractivity contribution is 7.09. The zero-order valence-corrected chi connectivity index (χ0v) is 10.7. The Morgan fingerprint density at radius 3 is 2.94 bits per heavy atom. The lowest BCUT2D eigenvalue weighted by Gasteiger charge is -2.13. The van der Waals surface area contributed by atoms with Crippen molar-refractivity contribution in [3.8, 4) is 5.75 Å². The molecule has 4 heteroatoms. The summed E-state index contributed by atoms with van der Waals surface area (Å²) in [5.74, 6) is 0.735. The Bertz CT molecular complexity index is 480. The number of benzene rings is 1. The summed E-state index contributed by atoms with van der Waals surface area (Å²) in [4.78, 5) is 5.07. The Morgan fingerprint density at radius 2 is 2.29 bits per heavy atom. The summed E-state index contributed by atoms with van der Waals surface area (Å²) >= 11 is 1.56. The van der Waals surface area contributed by atoms with E-state index in [2.05, 4.69) is 4.98 Å². The summed E-state index contributed by atoms with van der Waals surface area (Å²) in [5.41, 5.74) is 3.73. The number of ether oxygens (including phenoxy) is 1. The zero-order chi connectivity index (χ0) is 12.3. The van der Waals surface area contributed by atoms with Gasteiger partial charge in [0.2, 0.25) is 0 Å². The molecule has 0 aliphatic carbocycles. The quantitative estimate of drug-likeness (QED) is 0.905. The van der Waals surface area contributed by atoms with Gasteiger partial charge in [0.05, 0.1) is 16.5 Å². The molecule has 3 nitrogen and oxygen atoms in total. The smallest absolute Gasteiger partial charge is 0.125 e. The van der Waals surface area contributed by atoms with Crippen molar-refractivity contribution in [1.82, 2.24) is 4.98 Å². The predicted octanol–water partition coefficient (Wildman–Crippen LogP) is 3.08. The average Bonchev–Trinajstić information content (AvgIpc) is 2.80. The fourth-order valence-corrected chi connectivity index (χ4v) is 2.09. The van der Waals surface area contributed by atoms with E-state index in [0.717, 1.165) is 21.8 Å². The molecule has 2 rings (SSSR count). The Labute approximate surface area is 105 Å². The van der Waals surface area contributed by atoms with Gasteiger partial charge in [0.25, 0.3) is 0 Å². The van der Waals surface area contributed by atoms with Gasteiger partial charge >= 0.3 is 0 Å². The molecule has 0 radical (unpaired) electrons. The minimum Gasteiger partial charge on any atom is -0.488 e. The summed E-state index contributed by atoms with van der Waals surface area (Å²) in [7, 11) is 0. The third kappa shape index (κ3) is 3.05. The molecule has 0 saturated carbocycles. The van der Waals surface area contributed by atoms with Crippen molar-refractivity contribution in [1.29, 1.82) is 0 Å². The van der Waals surface area contributed by atoms with Crippen LogP contribution < -0.4 is 4.74 Å². The number of hydrogen-bond donors (Lipinski definition) is 1.